The summed E-state index contributed by atoms with van der Waals surface area (Å²) in [6, 6.07) is 4.65. The number of aryl methyl sites for hydroxylation is 3. The number of ether oxygens (including phenoxy) is 1. The molecule has 0 aliphatic heterocycles. The van der Waals surface area contributed by atoms with Gasteiger partial charge in [0.25, 0.3) is 0 Å². The van der Waals surface area contributed by atoms with Crippen molar-refractivity contribution in [1.29, 1.82) is 0 Å². The van der Waals surface area contributed by atoms with Crippen LogP contribution < -0.4 is 4.74 Å². The van der Waals surface area contributed by atoms with Gasteiger partial charge in [0.1, 0.15) is 5.75 Å². The molecule has 0 aromatic heterocycles. The Bertz CT molecular complexity index is 395. The molecule has 1 aromatic carbocycles. The van der Waals surface area contributed by atoms with Crippen molar-refractivity contribution >= 4 is 0 Å². The van der Waals surface area contributed by atoms with Crippen molar-refractivity contribution in [2.24, 2.45) is 0 Å². The van der Waals surface area contributed by atoms with E-state index in [0.29, 0.717) is 0 Å². The molecule has 0 aliphatic carbocycles. The first-order valence-electron chi connectivity index (χ1n) is 8.98. The molecule has 0 saturated heterocycles. The lowest BCUT2D eigenvalue weighted by Gasteiger charge is -2.15. The zero-order valence-corrected chi connectivity index (χ0v) is 14.6. The van der Waals surface area contributed by atoms with Crippen LogP contribution in [0.25, 0.3) is 0 Å². The van der Waals surface area contributed by atoms with Crippen molar-refractivity contribution in [1.82, 2.24) is 0 Å². The molecule has 0 heterocycles. The highest BCUT2D eigenvalue weighted by atomic mass is 16.5. The van der Waals surface area contributed by atoms with Crippen molar-refractivity contribution < 1.29 is 4.74 Å². The molecule has 0 bridgehead atoms. The summed E-state index contributed by atoms with van der Waals surface area (Å²) in [6.07, 6.45) is 11.3. The van der Waals surface area contributed by atoms with Gasteiger partial charge >= 0.3 is 0 Å². The molecule has 0 spiro atoms. The van der Waals surface area contributed by atoms with E-state index in [9.17, 15) is 0 Å². The van der Waals surface area contributed by atoms with E-state index >= 15 is 0 Å². The number of hydrogen-bond acceptors (Lipinski definition) is 1. The summed E-state index contributed by atoms with van der Waals surface area (Å²) in [5.74, 6) is 1.12. The van der Waals surface area contributed by atoms with Crippen molar-refractivity contribution in [3.63, 3.8) is 0 Å². The van der Waals surface area contributed by atoms with Gasteiger partial charge in [-0.05, 0) is 55.4 Å². The Morgan fingerprint density at radius 3 is 2.19 bits per heavy atom. The zero-order valence-electron chi connectivity index (χ0n) is 14.6. The van der Waals surface area contributed by atoms with E-state index in [4.69, 9.17) is 4.74 Å². The van der Waals surface area contributed by atoms with Crippen LogP contribution >= 0.6 is 0 Å². The lowest BCUT2D eigenvalue weighted by molar-refractivity contribution is 0.302. The highest BCUT2D eigenvalue weighted by Gasteiger charge is 2.07. The second kappa shape index (κ2) is 10.7. The summed E-state index contributed by atoms with van der Waals surface area (Å²) in [6.45, 7) is 9.83. The average molecular weight is 290 g/mol. The first-order valence-corrected chi connectivity index (χ1v) is 8.98. The number of hydrogen-bond donors (Lipinski definition) is 0. The molecule has 120 valence electrons. The Morgan fingerprint density at radius 2 is 1.52 bits per heavy atom. The third-order valence-electron chi connectivity index (χ3n) is 4.21. The molecule has 0 unspecified atom stereocenters. The van der Waals surface area contributed by atoms with Crippen LogP contribution in [-0.2, 0) is 12.8 Å². The topological polar surface area (TPSA) is 9.23 Å². The second-order valence-electron chi connectivity index (χ2n) is 6.11. The maximum absolute atomic E-state index is 6.04. The van der Waals surface area contributed by atoms with E-state index < -0.39 is 0 Å². The number of unbranched alkanes of at least 4 members (excludes halogenated alkanes) is 5. The van der Waals surface area contributed by atoms with E-state index in [2.05, 4.69) is 39.8 Å². The monoisotopic (exact) mass is 290 g/mol. The molecule has 0 saturated carbocycles. The molecule has 0 aliphatic rings. The normalized spacial score (nSPS) is 10.9. The van der Waals surface area contributed by atoms with Crippen LogP contribution in [-0.4, -0.2) is 6.61 Å². The fourth-order valence-corrected chi connectivity index (χ4v) is 2.73. The van der Waals surface area contributed by atoms with Crippen LogP contribution in [0.5, 0.6) is 5.75 Å². The van der Waals surface area contributed by atoms with E-state index in [1.165, 1.54) is 68.1 Å². The van der Waals surface area contributed by atoms with Gasteiger partial charge in [0.15, 0.2) is 0 Å². The summed E-state index contributed by atoms with van der Waals surface area (Å²) in [5, 5.41) is 0. The Hall–Kier alpha value is -0.980. The Labute approximate surface area is 132 Å². The van der Waals surface area contributed by atoms with Gasteiger partial charge in [0.2, 0.25) is 0 Å². The smallest absolute Gasteiger partial charge is 0.122 e. The number of rotatable bonds is 11. The maximum Gasteiger partial charge on any atom is 0.122 e. The van der Waals surface area contributed by atoms with Crippen molar-refractivity contribution in [3.8, 4) is 5.75 Å². The Kier molecular flexibility index (Phi) is 9.21. The minimum atomic E-state index is 0.863. The zero-order chi connectivity index (χ0) is 15.5. The molecule has 0 fully saturated rings. The first kappa shape index (κ1) is 18.1. The molecule has 0 amide bonds. The Morgan fingerprint density at radius 1 is 0.810 bits per heavy atom. The van der Waals surface area contributed by atoms with E-state index in [1.807, 2.05) is 0 Å². The standard InChI is InChI=1S/C20H34O/c1-5-8-10-12-14-21-20-15-17(4)19(13-11-9-6-2)16-18(20)7-3/h15-16H,5-14H2,1-4H3. The van der Waals surface area contributed by atoms with Crippen molar-refractivity contribution in [2.75, 3.05) is 6.61 Å². The SMILES string of the molecule is CCCCCCOc1cc(C)c(CCCCC)cc1CC. The minimum Gasteiger partial charge on any atom is -0.493 e. The van der Waals surface area contributed by atoms with Gasteiger partial charge in [0, 0.05) is 0 Å². The van der Waals surface area contributed by atoms with Crippen LogP contribution in [0.3, 0.4) is 0 Å². The molecule has 1 nitrogen and oxygen atoms in total. The van der Waals surface area contributed by atoms with E-state index in [0.717, 1.165) is 18.8 Å². The highest BCUT2D eigenvalue weighted by Crippen LogP contribution is 2.26. The summed E-state index contributed by atoms with van der Waals surface area (Å²) in [4.78, 5) is 0. The predicted molar refractivity (Wildman–Crippen MR) is 93.4 cm³/mol. The molecule has 0 radical (unpaired) electrons. The summed E-state index contributed by atoms with van der Waals surface area (Å²) >= 11 is 0. The second-order valence-corrected chi connectivity index (χ2v) is 6.11. The molecule has 0 N–H and O–H groups in total. The molecule has 1 heteroatoms. The lowest BCUT2D eigenvalue weighted by atomic mass is 9.98. The van der Waals surface area contributed by atoms with E-state index in [-0.39, 0.29) is 0 Å². The maximum atomic E-state index is 6.04. The largest absolute Gasteiger partial charge is 0.493 e. The summed E-state index contributed by atoms with van der Waals surface area (Å²) in [5.41, 5.74) is 4.29. The predicted octanol–water partition coefficient (Wildman–Crippen LogP) is 6.25. The van der Waals surface area contributed by atoms with Gasteiger partial charge in [-0.3, -0.25) is 0 Å². The first-order chi connectivity index (χ1) is 10.2. The van der Waals surface area contributed by atoms with Crippen LogP contribution in [0.2, 0.25) is 0 Å². The highest BCUT2D eigenvalue weighted by molar-refractivity contribution is 5.42. The van der Waals surface area contributed by atoms with Gasteiger partial charge in [0.05, 0.1) is 6.61 Å². The molecule has 1 aromatic rings. The fourth-order valence-electron chi connectivity index (χ4n) is 2.73. The third kappa shape index (κ3) is 6.54. The molecule has 0 atom stereocenters. The van der Waals surface area contributed by atoms with Crippen LogP contribution in [0.1, 0.15) is 82.4 Å². The Balaban J connectivity index is 2.61. The molecule has 21 heavy (non-hydrogen) atoms. The van der Waals surface area contributed by atoms with Gasteiger partial charge in [-0.25, -0.2) is 0 Å². The molecule has 1 rings (SSSR count). The van der Waals surface area contributed by atoms with Crippen LogP contribution in [0, 0.1) is 6.92 Å². The minimum absolute atomic E-state index is 0.863. The van der Waals surface area contributed by atoms with Gasteiger partial charge < -0.3 is 4.74 Å². The third-order valence-corrected chi connectivity index (χ3v) is 4.21. The summed E-state index contributed by atoms with van der Waals surface area (Å²) in [7, 11) is 0. The fraction of sp³-hybridized carbons (Fsp3) is 0.700. The quantitative estimate of drug-likeness (QED) is 0.438. The summed E-state index contributed by atoms with van der Waals surface area (Å²) < 4.78 is 6.04. The number of benzene rings is 1. The van der Waals surface area contributed by atoms with Crippen molar-refractivity contribution in [2.45, 2.75) is 85.5 Å². The average Bonchev–Trinajstić information content (AvgIpc) is 2.49. The van der Waals surface area contributed by atoms with Crippen LogP contribution in [0.4, 0.5) is 0 Å². The van der Waals surface area contributed by atoms with Gasteiger partial charge in [-0.15, -0.1) is 0 Å². The molecular formula is C20H34O. The van der Waals surface area contributed by atoms with Gasteiger partial charge in [-0.1, -0.05) is 58.9 Å². The van der Waals surface area contributed by atoms with Crippen LogP contribution in [0.15, 0.2) is 12.1 Å². The van der Waals surface area contributed by atoms with E-state index in [1.54, 1.807) is 0 Å². The van der Waals surface area contributed by atoms with Crippen molar-refractivity contribution in [3.05, 3.63) is 28.8 Å². The van der Waals surface area contributed by atoms with Gasteiger partial charge in [-0.2, -0.15) is 0 Å². The lowest BCUT2D eigenvalue weighted by Crippen LogP contribution is -2.02. The molecular weight excluding hydrogens is 256 g/mol.